The first kappa shape index (κ1) is 15.0. The van der Waals surface area contributed by atoms with E-state index in [4.69, 9.17) is 9.84 Å². The first-order valence-corrected chi connectivity index (χ1v) is 6.91. The van der Waals surface area contributed by atoms with Gasteiger partial charge in [0.15, 0.2) is 5.17 Å². The zero-order chi connectivity index (χ0) is 15.2. The van der Waals surface area contributed by atoms with Gasteiger partial charge in [0.1, 0.15) is 11.0 Å². The van der Waals surface area contributed by atoms with E-state index in [1.165, 1.54) is 6.21 Å². The van der Waals surface area contributed by atoms with Gasteiger partial charge in [0, 0.05) is 5.56 Å². The molecule has 8 heteroatoms. The summed E-state index contributed by atoms with van der Waals surface area (Å²) in [4.78, 5) is 22.1. The van der Waals surface area contributed by atoms with Gasteiger partial charge in [-0.05, 0) is 12.1 Å². The average molecular weight is 307 g/mol. The molecular formula is C13H13N3O4S. The monoisotopic (exact) mass is 307 g/mol. The van der Waals surface area contributed by atoms with Crippen LogP contribution < -0.4 is 10.1 Å². The van der Waals surface area contributed by atoms with Crippen molar-refractivity contribution in [1.82, 2.24) is 5.32 Å². The van der Waals surface area contributed by atoms with E-state index in [0.717, 1.165) is 17.3 Å². The number of carboxylic acid groups (broad SMARTS) is 1. The third-order valence-electron chi connectivity index (χ3n) is 2.62. The largest absolute Gasteiger partial charge is 0.496 e. The van der Waals surface area contributed by atoms with Crippen LogP contribution in [0.25, 0.3) is 0 Å². The number of nitrogens with one attached hydrogen (secondary N) is 1. The number of carboxylic acids is 1. The van der Waals surface area contributed by atoms with Crippen LogP contribution in [0.5, 0.6) is 5.75 Å². The van der Waals surface area contributed by atoms with Gasteiger partial charge in [-0.1, -0.05) is 23.9 Å². The summed E-state index contributed by atoms with van der Waals surface area (Å²) in [7, 11) is 1.56. The standard InChI is InChI=1S/C13H13N3O4S/c1-20-9-5-3-2-4-8(9)7-14-16-13-15-12(19)10(21-13)6-11(17)18/h2-5,7,10H,6H2,1H3,(H,17,18)(H,15,16,19)/b14-7-/t10-/m1/s1. The summed E-state index contributed by atoms with van der Waals surface area (Å²) >= 11 is 1.06. The molecule has 0 radical (unpaired) electrons. The summed E-state index contributed by atoms with van der Waals surface area (Å²) < 4.78 is 5.17. The van der Waals surface area contributed by atoms with E-state index in [0.29, 0.717) is 5.75 Å². The highest BCUT2D eigenvalue weighted by atomic mass is 32.2. The molecule has 1 heterocycles. The Morgan fingerprint density at radius 3 is 3.00 bits per heavy atom. The Hall–Kier alpha value is -2.35. The molecule has 0 bridgehead atoms. The first-order valence-electron chi connectivity index (χ1n) is 6.03. The highest BCUT2D eigenvalue weighted by Crippen LogP contribution is 2.22. The second-order valence-electron chi connectivity index (χ2n) is 4.09. The zero-order valence-electron chi connectivity index (χ0n) is 11.1. The van der Waals surface area contributed by atoms with E-state index in [1.54, 1.807) is 13.2 Å². The molecule has 21 heavy (non-hydrogen) atoms. The molecule has 110 valence electrons. The SMILES string of the molecule is COc1ccccc1/C=N\N=C1\NC(=O)[C@@H](CC(=O)O)S1. The minimum Gasteiger partial charge on any atom is -0.496 e. The fraction of sp³-hybridized carbons (Fsp3) is 0.231. The second kappa shape index (κ2) is 6.89. The van der Waals surface area contributed by atoms with Crippen LogP contribution in [-0.2, 0) is 9.59 Å². The molecule has 0 saturated carbocycles. The average Bonchev–Trinajstić information content (AvgIpc) is 2.79. The van der Waals surface area contributed by atoms with Crippen LogP contribution in [0.1, 0.15) is 12.0 Å². The van der Waals surface area contributed by atoms with Gasteiger partial charge in [0.05, 0.1) is 19.7 Å². The van der Waals surface area contributed by atoms with Gasteiger partial charge < -0.3 is 15.2 Å². The van der Waals surface area contributed by atoms with Gasteiger partial charge in [-0.15, -0.1) is 5.10 Å². The molecular weight excluding hydrogens is 294 g/mol. The Morgan fingerprint density at radius 1 is 1.52 bits per heavy atom. The lowest BCUT2D eigenvalue weighted by Crippen LogP contribution is -2.26. The Balaban J connectivity index is 2.03. The molecule has 1 atom stereocenters. The van der Waals surface area contributed by atoms with Crippen molar-refractivity contribution in [3.8, 4) is 5.75 Å². The Labute approximate surface area is 125 Å². The Kier molecular flexibility index (Phi) is 4.94. The highest BCUT2D eigenvalue weighted by Gasteiger charge is 2.32. The number of hydrogen-bond acceptors (Lipinski definition) is 6. The number of amides is 1. The highest BCUT2D eigenvalue weighted by molar-refractivity contribution is 8.15. The number of benzene rings is 1. The lowest BCUT2D eigenvalue weighted by molar-refractivity contribution is -0.138. The number of rotatable bonds is 5. The summed E-state index contributed by atoms with van der Waals surface area (Å²) in [6, 6.07) is 7.29. The van der Waals surface area contributed by atoms with Crippen LogP contribution in [0.15, 0.2) is 34.5 Å². The maximum Gasteiger partial charge on any atom is 0.305 e. The molecule has 1 aromatic rings. The molecule has 0 spiro atoms. The molecule has 0 aliphatic carbocycles. The fourth-order valence-corrected chi connectivity index (χ4v) is 2.58. The topological polar surface area (TPSA) is 100 Å². The lowest BCUT2D eigenvalue weighted by atomic mass is 10.2. The second-order valence-corrected chi connectivity index (χ2v) is 5.28. The summed E-state index contributed by atoms with van der Waals surface area (Å²) in [5.74, 6) is -0.733. The number of para-hydroxylation sites is 1. The molecule has 1 amide bonds. The molecule has 1 aromatic carbocycles. The van der Waals surface area contributed by atoms with Gasteiger partial charge in [-0.3, -0.25) is 9.59 Å². The molecule has 2 N–H and O–H groups in total. The number of carbonyl (C=O) groups is 2. The smallest absolute Gasteiger partial charge is 0.305 e. The predicted molar refractivity (Wildman–Crippen MR) is 79.8 cm³/mol. The lowest BCUT2D eigenvalue weighted by Gasteiger charge is -2.01. The quantitative estimate of drug-likeness (QED) is 0.626. The Bertz CT molecular complexity index is 615. The third-order valence-corrected chi connectivity index (χ3v) is 3.69. The van der Waals surface area contributed by atoms with E-state index >= 15 is 0 Å². The van der Waals surface area contributed by atoms with Gasteiger partial charge >= 0.3 is 5.97 Å². The third kappa shape index (κ3) is 4.06. The summed E-state index contributed by atoms with van der Waals surface area (Å²) in [5, 5.41) is 18.5. The Morgan fingerprint density at radius 2 is 2.29 bits per heavy atom. The maximum absolute atomic E-state index is 11.5. The fourth-order valence-electron chi connectivity index (χ4n) is 1.66. The van der Waals surface area contributed by atoms with E-state index < -0.39 is 11.2 Å². The summed E-state index contributed by atoms with van der Waals surface area (Å²) in [6.07, 6.45) is 1.26. The number of methoxy groups -OCH3 is 1. The first-order chi connectivity index (χ1) is 10.1. The number of amidine groups is 1. The minimum absolute atomic E-state index is 0.244. The molecule has 1 aliphatic rings. The molecule has 0 unspecified atom stereocenters. The van der Waals surface area contributed by atoms with E-state index in [2.05, 4.69) is 15.5 Å². The van der Waals surface area contributed by atoms with Crippen LogP contribution in [0.4, 0.5) is 0 Å². The molecule has 0 aromatic heterocycles. The van der Waals surface area contributed by atoms with Crippen molar-refractivity contribution in [2.75, 3.05) is 7.11 Å². The zero-order valence-corrected chi connectivity index (χ0v) is 12.0. The van der Waals surface area contributed by atoms with Gasteiger partial charge in [0.25, 0.3) is 0 Å². The van der Waals surface area contributed by atoms with Crippen LogP contribution in [-0.4, -0.2) is 40.7 Å². The molecule has 2 rings (SSSR count). The van der Waals surface area contributed by atoms with Crippen LogP contribution >= 0.6 is 11.8 Å². The van der Waals surface area contributed by atoms with Crippen molar-refractivity contribution in [3.05, 3.63) is 29.8 Å². The van der Waals surface area contributed by atoms with Gasteiger partial charge in [-0.2, -0.15) is 5.10 Å². The van der Waals surface area contributed by atoms with Crippen molar-refractivity contribution < 1.29 is 19.4 Å². The van der Waals surface area contributed by atoms with Crippen molar-refractivity contribution >= 4 is 35.0 Å². The number of nitrogens with zero attached hydrogens (tertiary/aromatic N) is 2. The molecule has 1 aliphatic heterocycles. The predicted octanol–water partition coefficient (Wildman–Crippen LogP) is 1.09. The molecule has 1 saturated heterocycles. The van der Waals surface area contributed by atoms with Crippen molar-refractivity contribution in [1.29, 1.82) is 0 Å². The van der Waals surface area contributed by atoms with Crippen LogP contribution in [0, 0.1) is 0 Å². The van der Waals surface area contributed by atoms with Gasteiger partial charge in [-0.25, -0.2) is 0 Å². The van der Waals surface area contributed by atoms with Gasteiger partial charge in [0.2, 0.25) is 5.91 Å². The van der Waals surface area contributed by atoms with Crippen LogP contribution in [0.2, 0.25) is 0 Å². The maximum atomic E-state index is 11.5. The van der Waals surface area contributed by atoms with E-state index in [9.17, 15) is 9.59 Å². The number of ether oxygens (including phenoxy) is 1. The number of aliphatic carboxylic acids is 1. The van der Waals surface area contributed by atoms with Crippen molar-refractivity contribution in [3.63, 3.8) is 0 Å². The van der Waals surface area contributed by atoms with E-state index in [-0.39, 0.29) is 17.5 Å². The molecule has 7 nitrogen and oxygen atoms in total. The number of thioether (sulfide) groups is 1. The summed E-state index contributed by atoms with van der Waals surface area (Å²) in [6.45, 7) is 0. The summed E-state index contributed by atoms with van der Waals surface area (Å²) in [5.41, 5.74) is 0.751. The van der Waals surface area contributed by atoms with Crippen molar-refractivity contribution in [2.45, 2.75) is 11.7 Å². The van der Waals surface area contributed by atoms with Crippen molar-refractivity contribution in [2.24, 2.45) is 10.2 Å². The van der Waals surface area contributed by atoms with E-state index in [1.807, 2.05) is 18.2 Å². The number of hydrogen-bond donors (Lipinski definition) is 2. The minimum atomic E-state index is -1.03. The number of carbonyl (C=O) groups excluding carboxylic acids is 1. The normalized spacial score (nSPS) is 20.0. The molecule has 1 fully saturated rings. The van der Waals surface area contributed by atoms with Crippen LogP contribution in [0.3, 0.4) is 0 Å².